The maximum atomic E-state index is 9.88. The predicted octanol–water partition coefficient (Wildman–Crippen LogP) is 2.91. The van der Waals surface area contributed by atoms with Crippen LogP contribution in [0.2, 0.25) is 0 Å². The Morgan fingerprint density at radius 3 is 2.00 bits per heavy atom. The van der Waals surface area contributed by atoms with Gasteiger partial charge in [0.1, 0.15) is 0 Å². The van der Waals surface area contributed by atoms with Crippen LogP contribution in [0.5, 0.6) is 0 Å². The third-order valence-corrected chi connectivity index (χ3v) is 4.63. The number of aliphatic hydroxyl groups is 1. The van der Waals surface area contributed by atoms with Crippen LogP contribution in [-0.2, 0) is 0 Å². The van der Waals surface area contributed by atoms with Crippen LogP contribution in [0.4, 0.5) is 0 Å². The number of hydrogen-bond donors (Lipinski definition) is 1. The fourth-order valence-electron chi connectivity index (χ4n) is 2.64. The van der Waals surface area contributed by atoms with Gasteiger partial charge in [0.15, 0.2) is 0 Å². The van der Waals surface area contributed by atoms with Gasteiger partial charge in [-0.25, -0.2) is 0 Å². The van der Waals surface area contributed by atoms with E-state index in [1.807, 2.05) is 0 Å². The van der Waals surface area contributed by atoms with Crippen LogP contribution in [0.1, 0.15) is 53.4 Å². The molecule has 0 saturated carbocycles. The number of hydrogen-bond acceptors (Lipinski definition) is 2. The highest BCUT2D eigenvalue weighted by Gasteiger charge is 2.31. The van der Waals surface area contributed by atoms with Crippen LogP contribution in [0.15, 0.2) is 0 Å². The van der Waals surface area contributed by atoms with Crippen LogP contribution in [0.3, 0.4) is 0 Å². The maximum absolute atomic E-state index is 9.88. The topological polar surface area (TPSA) is 23.5 Å². The molecule has 1 atom stereocenters. The van der Waals surface area contributed by atoms with Crippen molar-refractivity contribution in [3.05, 3.63) is 0 Å². The summed E-state index contributed by atoms with van der Waals surface area (Å²) in [5.74, 6) is 0.379. The minimum absolute atomic E-state index is 0.157. The summed E-state index contributed by atoms with van der Waals surface area (Å²) in [4.78, 5) is 2.44. The Labute approximate surface area is 101 Å². The van der Waals surface area contributed by atoms with Crippen LogP contribution in [-0.4, -0.2) is 35.7 Å². The third kappa shape index (κ3) is 3.46. The number of β-amino-alcohol motifs (C(OH)–C–C–N with tert-alkyl or cyclic N) is 1. The first kappa shape index (κ1) is 14.0. The molecule has 0 aromatic rings. The molecule has 1 aliphatic heterocycles. The number of nitrogens with zero attached hydrogens (tertiary/aromatic N) is 1. The molecule has 0 bridgehead atoms. The minimum atomic E-state index is -0.157. The first-order chi connectivity index (χ1) is 7.53. The molecule has 1 N–H and O–H groups in total. The van der Waals surface area contributed by atoms with Gasteiger partial charge in [-0.2, -0.15) is 0 Å². The molecule has 1 aliphatic rings. The summed E-state index contributed by atoms with van der Waals surface area (Å²) in [6.45, 7) is 12.0. The van der Waals surface area contributed by atoms with Gasteiger partial charge >= 0.3 is 0 Å². The van der Waals surface area contributed by atoms with Crippen molar-refractivity contribution >= 4 is 0 Å². The average molecular weight is 227 g/mol. The van der Waals surface area contributed by atoms with E-state index in [-0.39, 0.29) is 6.10 Å². The van der Waals surface area contributed by atoms with Crippen molar-refractivity contribution in [2.45, 2.75) is 59.5 Å². The highest BCUT2D eigenvalue weighted by Crippen LogP contribution is 2.37. The van der Waals surface area contributed by atoms with E-state index in [9.17, 15) is 5.11 Å². The Balaban J connectivity index is 2.37. The van der Waals surface area contributed by atoms with Crippen molar-refractivity contribution in [2.75, 3.05) is 19.6 Å². The van der Waals surface area contributed by atoms with E-state index in [1.165, 1.54) is 38.8 Å². The fourth-order valence-corrected chi connectivity index (χ4v) is 2.64. The summed E-state index contributed by atoms with van der Waals surface area (Å²) < 4.78 is 0. The molecule has 0 spiro atoms. The number of likely N-dealkylation sites (tertiary alicyclic amines) is 1. The molecule has 0 amide bonds. The maximum Gasteiger partial charge on any atom is 0.0689 e. The molecule has 1 rings (SSSR count). The lowest BCUT2D eigenvalue weighted by Gasteiger charge is -2.41. The SMILES string of the molecule is CCC1(CC)CCN(CC(O)C(C)C)CC1. The Morgan fingerprint density at radius 2 is 1.62 bits per heavy atom. The number of piperidine rings is 1. The van der Waals surface area contributed by atoms with Crippen LogP contribution in [0.25, 0.3) is 0 Å². The van der Waals surface area contributed by atoms with Gasteiger partial charge in [0.2, 0.25) is 0 Å². The molecule has 0 aromatic heterocycles. The van der Waals surface area contributed by atoms with Crippen molar-refractivity contribution < 1.29 is 5.11 Å². The summed E-state index contributed by atoms with van der Waals surface area (Å²) in [7, 11) is 0. The Kier molecular flexibility index (Phi) is 5.26. The molecule has 0 radical (unpaired) electrons. The molecular formula is C14H29NO. The zero-order valence-electron chi connectivity index (χ0n) is 11.5. The molecule has 0 aromatic carbocycles. The van der Waals surface area contributed by atoms with Gasteiger partial charge in [-0.15, -0.1) is 0 Å². The molecule has 16 heavy (non-hydrogen) atoms. The lowest BCUT2D eigenvalue weighted by Crippen LogP contribution is -2.43. The highest BCUT2D eigenvalue weighted by molar-refractivity contribution is 4.84. The summed E-state index contributed by atoms with van der Waals surface area (Å²) in [5.41, 5.74) is 0.597. The predicted molar refractivity (Wildman–Crippen MR) is 69.5 cm³/mol. The highest BCUT2D eigenvalue weighted by atomic mass is 16.3. The summed E-state index contributed by atoms with van der Waals surface area (Å²) in [6.07, 6.45) is 5.08. The van der Waals surface area contributed by atoms with Crippen molar-refractivity contribution in [3.63, 3.8) is 0 Å². The molecule has 1 saturated heterocycles. The molecule has 0 aliphatic carbocycles. The standard InChI is InChI=1S/C14H29NO/c1-5-14(6-2)7-9-15(10-8-14)11-13(16)12(3)4/h12-13,16H,5-11H2,1-4H3. The lowest BCUT2D eigenvalue weighted by atomic mass is 9.74. The average Bonchev–Trinajstić information content (AvgIpc) is 2.30. The summed E-state index contributed by atoms with van der Waals surface area (Å²) >= 11 is 0. The second kappa shape index (κ2) is 6.02. The lowest BCUT2D eigenvalue weighted by molar-refractivity contribution is 0.0359. The summed E-state index contributed by atoms with van der Waals surface area (Å²) in [6, 6.07) is 0. The second-order valence-corrected chi connectivity index (χ2v) is 5.82. The Bertz CT molecular complexity index is 189. The second-order valence-electron chi connectivity index (χ2n) is 5.82. The van der Waals surface area contributed by atoms with Gasteiger partial charge < -0.3 is 10.0 Å². The molecule has 1 heterocycles. The normalized spacial score (nSPS) is 23.6. The van der Waals surface area contributed by atoms with E-state index in [2.05, 4.69) is 32.6 Å². The molecule has 1 fully saturated rings. The van der Waals surface area contributed by atoms with Gasteiger partial charge in [0.25, 0.3) is 0 Å². The van der Waals surface area contributed by atoms with Crippen LogP contribution in [0, 0.1) is 11.3 Å². The fraction of sp³-hybridized carbons (Fsp3) is 1.00. The van der Waals surface area contributed by atoms with Gasteiger partial charge in [0, 0.05) is 6.54 Å². The van der Waals surface area contributed by atoms with E-state index < -0.39 is 0 Å². The van der Waals surface area contributed by atoms with Crippen LogP contribution < -0.4 is 0 Å². The number of aliphatic hydroxyl groups excluding tert-OH is 1. The number of rotatable bonds is 5. The minimum Gasteiger partial charge on any atom is -0.392 e. The third-order valence-electron chi connectivity index (χ3n) is 4.63. The van der Waals surface area contributed by atoms with E-state index in [0.717, 1.165) is 6.54 Å². The quantitative estimate of drug-likeness (QED) is 0.780. The largest absolute Gasteiger partial charge is 0.392 e. The monoisotopic (exact) mass is 227 g/mol. The van der Waals surface area contributed by atoms with E-state index in [4.69, 9.17) is 0 Å². The summed E-state index contributed by atoms with van der Waals surface area (Å²) in [5, 5.41) is 9.88. The molecule has 96 valence electrons. The van der Waals surface area contributed by atoms with Crippen molar-refractivity contribution in [1.82, 2.24) is 4.90 Å². The van der Waals surface area contributed by atoms with Gasteiger partial charge in [0.05, 0.1) is 6.10 Å². The molecule has 2 heteroatoms. The van der Waals surface area contributed by atoms with E-state index in [0.29, 0.717) is 11.3 Å². The Hall–Kier alpha value is -0.0800. The van der Waals surface area contributed by atoms with Crippen molar-refractivity contribution in [1.29, 1.82) is 0 Å². The smallest absolute Gasteiger partial charge is 0.0689 e. The van der Waals surface area contributed by atoms with Crippen molar-refractivity contribution in [3.8, 4) is 0 Å². The van der Waals surface area contributed by atoms with Gasteiger partial charge in [-0.05, 0) is 37.3 Å². The first-order valence-electron chi connectivity index (χ1n) is 6.93. The van der Waals surface area contributed by atoms with E-state index in [1.54, 1.807) is 0 Å². The van der Waals surface area contributed by atoms with E-state index >= 15 is 0 Å². The van der Waals surface area contributed by atoms with Gasteiger partial charge in [-0.1, -0.05) is 40.5 Å². The van der Waals surface area contributed by atoms with Gasteiger partial charge in [-0.3, -0.25) is 0 Å². The van der Waals surface area contributed by atoms with Crippen molar-refractivity contribution in [2.24, 2.45) is 11.3 Å². The molecule has 2 nitrogen and oxygen atoms in total. The zero-order chi connectivity index (χ0) is 12.2. The first-order valence-corrected chi connectivity index (χ1v) is 6.93. The molecule has 1 unspecified atom stereocenters. The zero-order valence-corrected chi connectivity index (χ0v) is 11.5. The van der Waals surface area contributed by atoms with Crippen LogP contribution >= 0.6 is 0 Å². The molecular weight excluding hydrogens is 198 g/mol. The Morgan fingerprint density at radius 1 is 1.12 bits per heavy atom.